The second kappa shape index (κ2) is 9.38. The summed E-state index contributed by atoms with van der Waals surface area (Å²) < 4.78 is 19.7. The highest BCUT2D eigenvalue weighted by molar-refractivity contribution is 6.06. The largest absolute Gasteiger partial charge is 0.373 e. The number of nitrogens with one attached hydrogen (secondary N) is 4. The number of urea groups is 2. The Morgan fingerprint density at radius 1 is 1.11 bits per heavy atom. The number of hydrogen-bond donors (Lipinski definition) is 4. The summed E-state index contributed by atoms with van der Waals surface area (Å²) >= 11 is 0. The molecule has 1 aliphatic rings. The lowest BCUT2D eigenvalue weighted by atomic mass is 9.84. The molecule has 4 N–H and O–H groups in total. The average Bonchev–Trinajstić information content (AvgIpc) is 3.27. The summed E-state index contributed by atoms with van der Waals surface area (Å²) in [5.41, 5.74) is 2.89. The molecule has 10 nitrogen and oxygen atoms in total. The second-order valence-electron chi connectivity index (χ2n) is 11.0. The molecule has 11 heteroatoms. The predicted octanol–water partition coefficient (Wildman–Crippen LogP) is 6.04. The van der Waals surface area contributed by atoms with Gasteiger partial charge in [0, 0.05) is 41.5 Å². The molecule has 0 unspecified atom stereocenters. The van der Waals surface area contributed by atoms with Gasteiger partial charge in [-0.3, -0.25) is 10.2 Å². The lowest BCUT2D eigenvalue weighted by Crippen LogP contribution is -2.40. The molecule has 0 spiro atoms. The number of halogens is 1. The van der Waals surface area contributed by atoms with E-state index in [2.05, 4.69) is 52.2 Å². The van der Waals surface area contributed by atoms with Gasteiger partial charge in [0.1, 0.15) is 11.6 Å². The fourth-order valence-electron chi connectivity index (χ4n) is 4.09. The van der Waals surface area contributed by atoms with E-state index in [0.717, 1.165) is 16.8 Å². The van der Waals surface area contributed by atoms with Gasteiger partial charge in [-0.15, -0.1) is 0 Å². The number of pyridine rings is 1. The minimum atomic E-state index is -0.709. The maximum Gasteiger partial charge on any atom is 0.326 e. The monoisotopic (exact) mass is 509 g/mol. The number of hydrogen-bond acceptors (Lipinski definition) is 6. The van der Waals surface area contributed by atoms with Gasteiger partial charge >= 0.3 is 12.1 Å². The number of nitrogens with zero attached hydrogens (tertiary/aromatic N) is 3. The summed E-state index contributed by atoms with van der Waals surface area (Å²) in [5, 5.41) is 15.0. The molecule has 0 fully saturated rings. The van der Waals surface area contributed by atoms with Crippen LogP contribution in [0.4, 0.5) is 42.7 Å². The number of benzene rings is 1. The van der Waals surface area contributed by atoms with Crippen LogP contribution >= 0.6 is 0 Å². The molecule has 37 heavy (non-hydrogen) atoms. The Hall–Kier alpha value is -4.15. The van der Waals surface area contributed by atoms with Gasteiger partial charge in [0.15, 0.2) is 0 Å². The van der Waals surface area contributed by atoms with Crippen LogP contribution in [0.5, 0.6) is 0 Å². The SMILES string of the molecule is CNc1ncc2c(c1C(C)(C)C)NC(=O)N(c1ccc(F)c(NC(=O)Nc3cc(C(C)(C)C)no3)c1)C2. The molecule has 0 saturated carbocycles. The lowest BCUT2D eigenvalue weighted by Gasteiger charge is -2.34. The quantitative estimate of drug-likeness (QED) is 0.340. The van der Waals surface area contributed by atoms with Crippen molar-refractivity contribution < 1.29 is 18.5 Å². The van der Waals surface area contributed by atoms with Crippen molar-refractivity contribution in [2.24, 2.45) is 0 Å². The molecule has 0 atom stereocenters. The fourth-order valence-corrected chi connectivity index (χ4v) is 4.09. The van der Waals surface area contributed by atoms with Crippen molar-refractivity contribution in [1.82, 2.24) is 10.1 Å². The molecule has 0 radical (unpaired) electrons. The highest BCUT2D eigenvalue weighted by Gasteiger charge is 2.32. The number of carbonyl (C=O) groups excluding carboxylic acids is 2. The standard InChI is InChI=1S/C26H32FN7O3/c1-25(2,3)18-11-19(37-33-18)31-23(35)30-17-10-15(8-9-16(17)27)34-13-14-12-29-22(28-7)20(26(4,5)6)21(14)32-24(34)36/h8-12H,13H2,1-7H3,(H,28,29)(H,32,36)(H2,30,31,35). The van der Waals surface area contributed by atoms with E-state index < -0.39 is 11.8 Å². The summed E-state index contributed by atoms with van der Waals surface area (Å²) in [6.07, 6.45) is 1.71. The zero-order chi connectivity index (χ0) is 27.1. The Kier molecular flexibility index (Phi) is 6.57. The van der Waals surface area contributed by atoms with E-state index >= 15 is 0 Å². The second-order valence-corrected chi connectivity index (χ2v) is 11.0. The predicted molar refractivity (Wildman–Crippen MR) is 142 cm³/mol. The van der Waals surface area contributed by atoms with Gasteiger partial charge in [0.05, 0.1) is 23.6 Å². The van der Waals surface area contributed by atoms with Crippen LogP contribution in [0.3, 0.4) is 0 Å². The molecule has 0 saturated heterocycles. The third-order valence-electron chi connectivity index (χ3n) is 5.97. The molecule has 3 heterocycles. The first kappa shape index (κ1) is 25.9. The Balaban J connectivity index is 1.56. The smallest absolute Gasteiger partial charge is 0.326 e. The minimum absolute atomic E-state index is 0.0943. The van der Waals surface area contributed by atoms with Crippen molar-refractivity contribution in [2.45, 2.75) is 58.9 Å². The fraction of sp³-hybridized carbons (Fsp3) is 0.385. The molecule has 2 aromatic heterocycles. The number of aromatic nitrogens is 2. The third-order valence-corrected chi connectivity index (χ3v) is 5.97. The Morgan fingerprint density at radius 3 is 2.46 bits per heavy atom. The lowest BCUT2D eigenvalue weighted by molar-refractivity contribution is 0.256. The first-order valence-corrected chi connectivity index (χ1v) is 11.9. The summed E-state index contributed by atoms with van der Waals surface area (Å²) in [6, 6.07) is 4.61. The van der Waals surface area contributed by atoms with E-state index in [9.17, 15) is 14.0 Å². The van der Waals surface area contributed by atoms with Gasteiger partial charge in [-0.05, 0) is 23.6 Å². The number of anilines is 5. The van der Waals surface area contributed by atoms with Gasteiger partial charge < -0.3 is 20.5 Å². The summed E-state index contributed by atoms with van der Waals surface area (Å²) in [5.74, 6) is 0.176. The molecule has 3 aromatic rings. The average molecular weight is 510 g/mol. The van der Waals surface area contributed by atoms with Crippen LogP contribution in [-0.4, -0.2) is 29.3 Å². The Morgan fingerprint density at radius 2 is 1.84 bits per heavy atom. The van der Waals surface area contributed by atoms with Crippen molar-refractivity contribution in [3.05, 3.63) is 53.1 Å². The summed E-state index contributed by atoms with van der Waals surface area (Å²) in [6.45, 7) is 12.3. The van der Waals surface area contributed by atoms with E-state index in [1.165, 1.54) is 23.1 Å². The Labute approximate surface area is 215 Å². The minimum Gasteiger partial charge on any atom is -0.373 e. The van der Waals surface area contributed by atoms with Crippen molar-refractivity contribution in [3.8, 4) is 0 Å². The third kappa shape index (κ3) is 5.35. The topological polar surface area (TPSA) is 124 Å². The number of amides is 4. The zero-order valence-corrected chi connectivity index (χ0v) is 22.0. The van der Waals surface area contributed by atoms with Gasteiger partial charge in [-0.2, -0.15) is 0 Å². The van der Waals surface area contributed by atoms with E-state index in [-0.39, 0.29) is 35.0 Å². The van der Waals surface area contributed by atoms with Gasteiger partial charge in [0.25, 0.3) is 0 Å². The molecule has 0 aliphatic carbocycles. The van der Waals surface area contributed by atoms with E-state index in [1.807, 2.05) is 20.8 Å². The van der Waals surface area contributed by atoms with Crippen LogP contribution in [-0.2, 0) is 17.4 Å². The van der Waals surface area contributed by atoms with Crippen LogP contribution in [0.2, 0.25) is 0 Å². The molecule has 0 bridgehead atoms. The zero-order valence-electron chi connectivity index (χ0n) is 22.0. The van der Waals surface area contributed by atoms with Crippen molar-refractivity contribution in [1.29, 1.82) is 0 Å². The first-order chi connectivity index (χ1) is 17.3. The first-order valence-electron chi connectivity index (χ1n) is 11.9. The van der Waals surface area contributed by atoms with Crippen LogP contribution in [0, 0.1) is 5.82 Å². The molecular formula is C26H32FN7O3. The highest BCUT2D eigenvalue weighted by atomic mass is 19.1. The van der Waals surface area contributed by atoms with Crippen LogP contribution in [0.15, 0.2) is 35.0 Å². The molecular weight excluding hydrogens is 477 g/mol. The molecule has 4 amide bonds. The van der Waals surface area contributed by atoms with E-state index in [1.54, 1.807) is 19.3 Å². The molecule has 196 valence electrons. The number of rotatable bonds is 4. The normalized spacial score (nSPS) is 13.6. The van der Waals surface area contributed by atoms with E-state index in [0.29, 0.717) is 17.2 Å². The highest BCUT2D eigenvalue weighted by Crippen LogP contribution is 2.40. The molecule has 1 aromatic carbocycles. The number of fused-ring (bicyclic) bond motifs is 1. The van der Waals surface area contributed by atoms with Crippen LogP contribution < -0.4 is 26.2 Å². The van der Waals surface area contributed by atoms with E-state index in [4.69, 9.17) is 4.52 Å². The van der Waals surface area contributed by atoms with Gasteiger partial charge in [-0.1, -0.05) is 46.7 Å². The Bertz CT molecular complexity index is 1360. The summed E-state index contributed by atoms with van der Waals surface area (Å²) in [4.78, 5) is 31.6. The number of carbonyl (C=O) groups is 2. The molecule has 1 aliphatic heterocycles. The van der Waals surface area contributed by atoms with Crippen molar-refractivity contribution in [3.63, 3.8) is 0 Å². The van der Waals surface area contributed by atoms with Crippen LogP contribution in [0.25, 0.3) is 0 Å². The van der Waals surface area contributed by atoms with Crippen molar-refractivity contribution in [2.75, 3.05) is 33.2 Å². The molecule has 4 rings (SSSR count). The maximum absolute atomic E-state index is 14.6. The maximum atomic E-state index is 14.6. The van der Waals surface area contributed by atoms with Gasteiger partial charge in [-0.25, -0.2) is 19.0 Å². The van der Waals surface area contributed by atoms with Crippen LogP contribution in [0.1, 0.15) is 58.4 Å². The summed E-state index contributed by atoms with van der Waals surface area (Å²) in [7, 11) is 1.79. The van der Waals surface area contributed by atoms with Crippen molar-refractivity contribution >= 4 is 40.8 Å². The van der Waals surface area contributed by atoms with Gasteiger partial charge in [0.2, 0.25) is 5.88 Å².